The van der Waals surface area contributed by atoms with Gasteiger partial charge in [0.25, 0.3) is 0 Å². The highest BCUT2D eigenvalue weighted by molar-refractivity contribution is 7.23. The Morgan fingerprint density at radius 3 is 2.76 bits per heavy atom. The fourth-order valence-electron chi connectivity index (χ4n) is 2.30. The molecule has 0 amide bonds. The summed E-state index contributed by atoms with van der Waals surface area (Å²) in [4.78, 5) is 5.21. The van der Waals surface area contributed by atoms with Crippen LogP contribution in [0.25, 0.3) is 20.7 Å². The summed E-state index contributed by atoms with van der Waals surface area (Å²) in [6.07, 6.45) is 4.04. The largest absolute Gasteiger partial charge is 0.504 e. The molecule has 3 aromatic rings. The first kappa shape index (κ1) is 13.9. The van der Waals surface area contributed by atoms with E-state index in [1.54, 1.807) is 17.5 Å². The number of aromatic nitrogens is 1. The number of rotatable bonds is 5. The van der Waals surface area contributed by atoms with E-state index in [9.17, 15) is 5.11 Å². The smallest absolute Gasteiger partial charge is 0.160 e. The molecule has 0 saturated carbocycles. The van der Waals surface area contributed by atoms with Crippen LogP contribution in [0, 0.1) is 0 Å². The van der Waals surface area contributed by atoms with Crippen molar-refractivity contribution in [1.82, 2.24) is 4.98 Å². The predicted molar refractivity (Wildman–Crippen MR) is 90.1 cm³/mol. The van der Waals surface area contributed by atoms with Crippen molar-refractivity contribution in [3.05, 3.63) is 42.6 Å². The number of unbranched alkanes of at least 4 members (excludes halogenated alkanes) is 1. The van der Waals surface area contributed by atoms with Crippen LogP contribution in [0.5, 0.6) is 5.75 Å². The number of anilines is 1. The summed E-state index contributed by atoms with van der Waals surface area (Å²) in [5.74, 6) is 0.278. The van der Waals surface area contributed by atoms with E-state index in [0.717, 1.165) is 40.2 Å². The van der Waals surface area contributed by atoms with Gasteiger partial charge in [-0.2, -0.15) is 0 Å². The van der Waals surface area contributed by atoms with Gasteiger partial charge in [0, 0.05) is 12.7 Å². The van der Waals surface area contributed by atoms with Crippen molar-refractivity contribution in [2.75, 3.05) is 11.9 Å². The van der Waals surface area contributed by atoms with Gasteiger partial charge in [0.1, 0.15) is 5.52 Å². The van der Waals surface area contributed by atoms with Gasteiger partial charge in [-0.1, -0.05) is 43.7 Å². The highest BCUT2D eigenvalue weighted by Crippen LogP contribution is 2.44. The van der Waals surface area contributed by atoms with Gasteiger partial charge in [0.2, 0.25) is 0 Å². The lowest BCUT2D eigenvalue weighted by molar-refractivity contribution is 0.484. The fourth-order valence-corrected chi connectivity index (χ4v) is 3.45. The summed E-state index contributed by atoms with van der Waals surface area (Å²) in [6, 6.07) is 11.9. The van der Waals surface area contributed by atoms with E-state index in [0.29, 0.717) is 5.52 Å². The Hall–Kier alpha value is -2.07. The molecule has 0 unspecified atom stereocenters. The van der Waals surface area contributed by atoms with Crippen LogP contribution in [0.4, 0.5) is 5.69 Å². The highest BCUT2D eigenvalue weighted by Gasteiger charge is 2.16. The molecule has 0 bridgehead atoms. The van der Waals surface area contributed by atoms with E-state index in [-0.39, 0.29) is 5.75 Å². The molecule has 3 nitrogen and oxygen atoms in total. The predicted octanol–water partition coefficient (Wildman–Crippen LogP) is 4.88. The molecular weight excluding hydrogens is 280 g/mol. The molecule has 0 atom stereocenters. The van der Waals surface area contributed by atoms with Crippen molar-refractivity contribution in [3.8, 4) is 16.2 Å². The summed E-state index contributed by atoms with van der Waals surface area (Å²) in [7, 11) is 0. The second kappa shape index (κ2) is 6.14. The third kappa shape index (κ3) is 2.72. The molecule has 108 valence electrons. The molecule has 1 aromatic carbocycles. The number of thiophene rings is 1. The zero-order chi connectivity index (χ0) is 14.7. The van der Waals surface area contributed by atoms with E-state index in [1.165, 1.54) is 0 Å². The molecule has 0 spiro atoms. The number of nitrogens with one attached hydrogen (secondary N) is 1. The molecule has 2 aromatic heterocycles. The van der Waals surface area contributed by atoms with Gasteiger partial charge in [0.15, 0.2) is 5.75 Å². The first-order chi connectivity index (χ1) is 10.3. The molecule has 0 aliphatic carbocycles. The Balaban J connectivity index is 2.05. The van der Waals surface area contributed by atoms with Crippen molar-refractivity contribution in [3.63, 3.8) is 0 Å². The minimum atomic E-state index is 0.278. The minimum Gasteiger partial charge on any atom is -0.504 e. The van der Waals surface area contributed by atoms with Crippen LogP contribution in [0.15, 0.2) is 42.6 Å². The quantitative estimate of drug-likeness (QED) is 0.660. The van der Waals surface area contributed by atoms with Gasteiger partial charge >= 0.3 is 0 Å². The summed E-state index contributed by atoms with van der Waals surface area (Å²) >= 11 is 1.59. The zero-order valence-electron chi connectivity index (χ0n) is 12.0. The lowest BCUT2D eigenvalue weighted by Gasteiger charge is -2.05. The summed E-state index contributed by atoms with van der Waals surface area (Å²) in [6.45, 7) is 3.11. The maximum absolute atomic E-state index is 10.5. The molecule has 0 radical (unpaired) electrons. The summed E-state index contributed by atoms with van der Waals surface area (Å²) in [5.41, 5.74) is 2.76. The van der Waals surface area contributed by atoms with Crippen LogP contribution in [0.3, 0.4) is 0 Å². The number of aromatic hydroxyl groups is 1. The van der Waals surface area contributed by atoms with E-state index in [4.69, 9.17) is 0 Å². The third-order valence-electron chi connectivity index (χ3n) is 3.43. The van der Waals surface area contributed by atoms with Crippen molar-refractivity contribution in [1.29, 1.82) is 0 Å². The Morgan fingerprint density at radius 1 is 1.19 bits per heavy atom. The van der Waals surface area contributed by atoms with Crippen LogP contribution in [0.2, 0.25) is 0 Å². The molecule has 2 heterocycles. The Bertz CT molecular complexity index is 737. The van der Waals surface area contributed by atoms with Crippen molar-refractivity contribution < 1.29 is 5.11 Å². The molecule has 0 aliphatic rings. The van der Waals surface area contributed by atoms with E-state index < -0.39 is 0 Å². The van der Waals surface area contributed by atoms with Gasteiger partial charge in [-0.15, -0.1) is 11.3 Å². The highest BCUT2D eigenvalue weighted by atomic mass is 32.1. The molecule has 0 saturated heterocycles. The van der Waals surface area contributed by atoms with Crippen molar-refractivity contribution in [2.24, 2.45) is 0 Å². The number of hydrogen-bond acceptors (Lipinski definition) is 4. The van der Waals surface area contributed by atoms with Crippen LogP contribution in [0.1, 0.15) is 19.8 Å². The maximum Gasteiger partial charge on any atom is 0.160 e. The number of fused-ring (bicyclic) bond motifs is 1. The van der Waals surface area contributed by atoms with Gasteiger partial charge in [0.05, 0.1) is 15.3 Å². The average molecular weight is 298 g/mol. The zero-order valence-corrected chi connectivity index (χ0v) is 12.8. The Kier molecular flexibility index (Phi) is 4.06. The standard InChI is InChI=1S/C17H18N2OS/c1-2-3-10-18-13-9-11-19-14-15(20)16(21-17(13)14)12-7-5-4-6-8-12/h4-9,11,20H,2-3,10H2,1H3,(H,18,19). The van der Waals surface area contributed by atoms with Gasteiger partial charge in [-0.3, -0.25) is 4.98 Å². The van der Waals surface area contributed by atoms with E-state index in [1.807, 2.05) is 36.4 Å². The fraction of sp³-hybridized carbons (Fsp3) is 0.235. The van der Waals surface area contributed by atoms with E-state index >= 15 is 0 Å². The van der Waals surface area contributed by atoms with Gasteiger partial charge < -0.3 is 10.4 Å². The molecule has 0 aliphatic heterocycles. The lowest BCUT2D eigenvalue weighted by Crippen LogP contribution is -2.00. The van der Waals surface area contributed by atoms with Crippen LogP contribution in [-0.2, 0) is 0 Å². The molecular formula is C17H18N2OS. The van der Waals surface area contributed by atoms with Crippen LogP contribution in [-0.4, -0.2) is 16.6 Å². The van der Waals surface area contributed by atoms with Gasteiger partial charge in [-0.25, -0.2) is 0 Å². The Labute approximate surface area is 128 Å². The number of benzene rings is 1. The number of nitrogens with zero attached hydrogens (tertiary/aromatic N) is 1. The van der Waals surface area contributed by atoms with Gasteiger partial charge in [-0.05, 0) is 18.1 Å². The second-order valence-electron chi connectivity index (χ2n) is 4.96. The molecule has 2 N–H and O–H groups in total. The minimum absolute atomic E-state index is 0.278. The molecule has 4 heteroatoms. The van der Waals surface area contributed by atoms with Crippen molar-refractivity contribution >= 4 is 27.2 Å². The second-order valence-corrected chi connectivity index (χ2v) is 5.98. The normalized spacial score (nSPS) is 10.9. The summed E-state index contributed by atoms with van der Waals surface area (Å²) < 4.78 is 1.02. The van der Waals surface area contributed by atoms with Crippen molar-refractivity contribution in [2.45, 2.75) is 19.8 Å². The third-order valence-corrected chi connectivity index (χ3v) is 4.68. The van der Waals surface area contributed by atoms with Crippen LogP contribution < -0.4 is 5.32 Å². The summed E-state index contributed by atoms with van der Waals surface area (Å²) in [5, 5.41) is 13.9. The monoisotopic (exact) mass is 298 g/mol. The Morgan fingerprint density at radius 2 is 2.00 bits per heavy atom. The maximum atomic E-state index is 10.5. The number of hydrogen-bond donors (Lipinski definition) is 2. The molecule has 3 rings (SSSR count). The topological polar surface area (TPSA) is 45.2 Å². The van der Waals surface area contributed by atoms with Crippen LogP contribution >= 0.6 is 11.3 Å². The number of pyridine rings is 1. The average Bonchev–Trinajstić information content (AvgIpc) is 2.87. The first-order valence-electron chi connectivity index (χ1n) is 7.21. The molecule has 0 fully saturated rings. The first-order valence-corrected chi connectivity index (χ1v) is 8.02. The van der Waals surface area contributed by atoms with E-state index in [2.05, 4.69) is 17.2 Å². The molecule has 21 heavy (non-hydrogen) atoms. The lowest BCUT2D eigenvalue weighted by atomic mass is 10.2. The SMILES string of the molecule is CCCCNc1ccnc2c(O)c(-c3ccccc3)sc12.